The molecule has 1 N–H and O–H groups in total. The van der Waals surface area contributed by atoms with E-state index < -0.39 is 0 Å². The number of benzene rings is 2. The molecule has 118 valence electrons. The Morgan fingerprint density at radius 1 is 1.13 bits per heavy atom. The van der Waals surface area contributed by atoms with Crippen LogP contribution in [0.15, 0.2) is 66.7 Å². The first-order chi connectivity index (χ1) is 11.3. The molecule has 1 saturated heterocycles. The van der Waals surface area contributed by atoms with Crippen molar-refractivity contribution in [1.82, 2.24) is 4.90 Å². The van der Waals surface area contributed by atoms with E-state index in [0.717, 1.165) is 11.1 Å². The standard InChI is InChI=1S/C19H20N2O2/c1-22-19(20)21-17(16-10-6-3-7-11-16)14-23-18(21)13-12-15-8-4-2-5-9-15/h2-13,17-18,20H,14H2,1H3/b13-12+,20-19?/t17-,18+/m1/s1. The number of methoxy groups -OCH3 is 1. The van der Waals surface area contributed by atoms with E-state index in [2.05, 4.69) is 0 Å². The molecule has 0 aromatic heterocycles. The Morgan fingerprint density at radius 2 is 1.78 bits per heavy atom. The van der Waals surface area contributed by atoms with Gasteiger partial charge in [-0.25, -0.2) is 0 Å². The third-order valence-corrected chi connectivity index (χ3v) is 3.90. The molecule has 1 aliphatic rings. The van der Waals surface area contributed by atoms with E-state index in [9.17, 15) is 0 Å². The highest BCUT2D eigenvalue weighted by Crippen LogP contribution is 2.31. The zero-order valence-electron chi connectivity index (χ0n) is 13.1. The summed E-state index contributed by atoms with van der Waals surface area (Å²) < 4.78 is 11.1. The maximum absolute atomic E-state index is 8.12. The van der Waals surface area contributed by atoms with Crippen molar-refractivity contribution in [2.45, 2.75) is 12.3 Å². The molecule has 0 unspecified atom stereocenters. The monoisotopic (exact) mass is 308 g/mol. The van der Waals surface area contributed by atoms with E-state index in [-0.39, 0.29) is 18.3 Å². The van der Waals surface area contributed by atoms with Crippen molar-refractivity contribution in [3.8, 4) is 0 Å². The van der Waals surface area contributed by atoms with Gasteiger partial charge >= 0.3 is 0 Å². The molecule has 0 saturated carbocycles. The minimum absolute atomic E-state index is 0.0194. The van der Waals surface area contributed by atoms with Crippen LogP contribution in [0.3, 0.4) is 0 Å². The fraction of sp³-hybridized carbons (Fsp3) is 0.211. The summed E-state index contributed by atoms with van der Waals surface area (Å²) in [6.45, 7) is 0.527. The first-order valence-corrected chi connectivity index (χ1v) is 7.60. The van der Waals surface area contributed by atoms with Crippen molar-refractivity contribution < 1.29 is 9.47 Å². The molecule has 1 aliphatic heterocycles. The molecule has 1 heterocycles. The summed E-state index contributed by atoms with van der Waals surface area (Å²) in [6.07, 6.45) is 3.66. The molecule has 0 aliphatic carbocycles. The molecular weight excluding hydrogens is 288 g/mol. The summed E-state index contributed by atoms with van der Waals surface area (Å²) in [5.41, 5.74) is 2.22. The largest absolute Gasteiger partial charge is 0.469 e. The van der Waals surface area contributed by atoms with Crippen LogP contribution in [-0.2, 0) is 9.47 Å². The SMILES string of the molecule is COC(=N)N1[C@H](/C=C/c2ccccc2)OC[C@@H]1c1ccccc1. The van der Waals surface area contributed by atoms with E-state index in [0.29, 0.717) is 6.61 Å². The highest BCUT2D eigenvalue weighted by molar-refractivity contribution is 5.72. The summed E-state index contributed by atoms with van der Waals surface area (Å²) in [7, 11) is 1.51. The lowest BCUT2D eigenvalue weighted by Crippen LogP contribution is -2.37. The number of nitrogens with one attached hydrogen (secondary N) is 1. The Balaban J connectivity index is 1.83. The molecule has 0 bridgehead atoms. The predicted molar refractivity (Wildman–Crippen MR) is 91.0 cm³/mol. The van der Waals surface area contributed by atoms with Crippen LogP contribution in [-0.4, -0.2) is 30.9 Å². The van der Waals surface area contributed by atoms with Crippen LogP contribution in [0.25, 0.3) is 6.08 Å². The Hall–Kier alpha value is -2.59. The lowest BCUT2D eigenvalue weighted by molar-refractivity contribution is 0.0920. The summed E-state index contributed by atoms with van der Waals surface area (Å²) in [5, 5.41) is 8.12. The number of ether oxygens (including phenoxy) is 2. The number of amidine groups is 1. The van der Waals surface area contributed by atoms with Crippen LogP contribution in [0, 0.1) is 5.41 Å². The summed E-state index contributed by atoms with van der Waals surface area (Å²) >= 11 is 0. The van der Waals surface area contributed by atoms with E-state index in [1.807, 2.05) is 77.7 Å². The Bertz CT molecular complexity index is 670. The van der Waals surface area contributed by atoms with Crippen LogP contribution in [0.1, 0.15) is 17.2 Å². The highest BCUT2D eigenvalue weighted by Gasteiger charge is 2.36. The summed E-state index contributed by atoms with van der Waals surface area (Å²) in [6, 6.07) is 20.2. The van der Waals surface area contributed by atoms with Gasteiger partial charge in [-0.2, -0.15) is 0 Å². The number of hydrogen-bond acceptors (Lipinski definition) is 3. The van der Waals surface area contributed by atoms with Gasteiger partial charge in [0, 0.05) is 0 Å². The van der Waals surface area contributed by atoms with Gasteiger partial charge < -0.3 is 9.47 Å². The zero-order chi connectivity index (χ0) is 16.1. The molecule has 2 aromatic carbocycles. The maximum Gasteiger partial charge on any atom is 0.287 e. The van der Waals surface area contributed by atoms with E-state index in [1.165, 1.54) is 7.11 Å². The fourth-order valence-electron chi connectivity index (χ4n) is 2.73. The second-order valence-electron chi connectivity index (χ2n) is 5.34. The highest BCUT2D eigenvalue weighted by atomic mass is 16.5. The zero-order valence-corrected chi connectivity index (χ0v) is 13.1. The van der Waals surface area contributed by atoms with Gasteiger partial charge in [0.25, 0.3) is 6.02 Å². The Kier molecular flexibility index (Phi) is 4.74. The fourth-order valence-corrected chi connectivity index (χ4v) is 2.73. The van der Waals surface area contributed by atoms with Crippen LogP contribution >= 0.6 is 0 Å². The van der Waals surface area contributed by atoms with Crippen LogP contribution in [0.5, 0.6) is 0 Å². The number of rotatable bonds is 3. The van der Waals surface area contributed by atoms with Gasteiger partial charge in [0.1, 0.15) is 0 Å². The van der Waals surface area contributed by atoms with Crippen molar-refractivity contribution in [3.63, 3.8) is 0 Å². The summed E-state index contributed by atoms with van der Waals surface area (Å²) in [4.78, 5) is 1.86. The molecule has 23 heavy (non-hydrogen) atoms. The van der Waals surface area contributed by atoms with Crippen molar-refractivity contribution in [3.05, 3.63) is 77.9 Å². The Labute approximate surface area is 136 Å². The van der Waals surface area contributed by atoms with Crippen molar-refractivity contribution in [2.75, 3.05) is 13.7 Å². The third kappa shape index (κ3) is 3.43. The van der Waals surface area contributed by atoms with Gasteiger partial charge in [-0.1, -0.05) is 66.7 Å². The van der Waals surface area contributed by atoms with Crippen molar-refractivity contribution >= 4 is 12.1 Å². The molecule has 2 aromatic rings. The maximum atomic E-state index is 8.12. The average Bonchev–Trinajstić information content (AvgIpc) is 3.05. The Morgan fingerprint density at radius 3 is 2.43 bits per heavy atom. The predicted octanol–water partition coefficient (Wildman–Crippen LogP) is 3.68. The number of nitrogens with zero attached hydrogens (tertiary/aromatic N) is 1. The van der Waals surface area contributed by atoms with Crippen LogP contribution < -0.4 is 0 Å². The summed E-state index contributed by atoms with van der Waals surface area (Å²) in [5.74, 6) is 0. The molecule has 4 heteroatoms. The first kappa shape index (κ1) is 15.3. The molecule has 0 radical (unpaired) electrons. The average molecular weight is 308 g/mol. The second kappa shape index (κ2) is 7.11. The molecule has 0 amide bonds. The van der Waals surface area contributed by atoms with E-state index in [1.54, 1.807) is 0 Å². The quantitative estimate of drug-likeness (QED) is 0.695. The van der Waals surface area contributed by atoms with Gasteiger partial charge in [0.15, 0.2) is 6.23 Å². The van der Waals surface area contributed by atoms with Gasteiger partial charge in [-0.3, -0.25) is 10.3 Å². The molecular formula is C19H20N2O2. The first-order valence-electron chi connectivity index (χ1n) is 7.60. The second-order valence-corrected chi connectivity index (χ2v) is 5.34. The normalized spacial score (nSPS) is 20.8. The lowest BCUT2D eigenvalue weighted by Gasteiger charge is -2.27. The molecule has 4 nitrogen and oxygen atoms in total. The topological polar surface area (TPSA) is 45.5 Å². The van der Waals surface area contributed by atoms with Crippen LogP contribution in [0.4, 0.5) is 0 Å². The molecule has 3 rings (SSSR count). The number of hydrogen-bond donors (Lipinski definition) is 1. The van der Waals surface area contributed by atoms with E-state index in [4.69, 9.17) is 14.9 Å². The van der Waals surface area contributed by atoms with Gasteiger partial charge in [-0.05, 0) is 17.2 Å². The van der Waals surface area contributed by atoms with E-state index >= 15 is 0 Å². The smallest absolute Gasteiger partial charge is 0.287 e. The third-order valence-electron chi connectivity index (χ3n) is 3.90. The van der Waals surface area contributed by atoms with Gasteiger partial charge in [0.2, 0.25) is 0 Å². The lowest BCUT2D eigenvalue weighted by atomic mass is 10.1. The van der Waals surface area contributed by atoms with Crippen molar-refractivity contribution in [1.29, 1.82) is 5.41 Å². The van der Waals surface area contributed by atoms with Gasteiger partial charge in [-0.15, -0.1) is 0 Å². The molecule has 1 fully saturated rings. The molecule has 0 spiro atoms. The van der Waals surface area contributed by atoms with Gasteiger partial charge in [0.05, 0.1) is 19.8 Å². The minimum Gasteiger partial charge on any atom is -0.469 e. The van der Waals surface area contributed by atoms with Crippen molar-refractivity contribution in [2.24, 2.45) is 0 Å². The van der Waals surface area contributed by atoms with Crippen LogP contribution in [0.2, 0.25) is 0 Å². The molecule has 2 atom stereocenters. The minimum atomic E-state index is -0.312.